The fraction of sp³-hybridized carbons (Fsp3) is 0.0667. The van der Waals surface area contributed by atoms with E-state index in [4.69, 9.17) is 11.6 Å². The highest BCUT2D eigenvalue weighted by atomic mass is 79.9. The zero-order valence-electron chi connectivity index (χ0n) is 11.4. The minimum absolute atomic E-state index is 0.140. The Labute approximate surface area is 141 Å². The summed E-state index contributed by atoms with van der Waals surface area (Å²) in [6.07, 6.45) is 0. The van der Waals surface area contributed by atoms with Gasteiger partial charge in [0.2, 0.25) is 0 Å². The van der Waals surface area contributed by atoms with Gasteiger partial charge in [0.1, 0.15) is 0 Å². The van der Waals surface area contributed by atoms with Gasteiger partial charge in [-0.2, -0.15) is 0 Å². The van der Waals surface area contributed by atoms with Gasteiger partial charge >= 0.3 is 0 Å². The topological polar surface area (TPSA) is 70.2 Å². The maximum Gasteiger partial charge on any atom is 0.257 e. The molecule has 0 radical (unpaired) electrons. The molecule has 0 fully saturated rings. The van der Waals surface area contributed by atoms with E-state index in [1.807, 2.05) is 6.07 Å². The smallest absolute Gasteiger partial charge is 0.257 e. The number of amides is 2. The molecule has 0 atom stereocenters. The molecule has 0 saturated carbocycles. The van der Waals surface area contributed by atoms with Crippen LogP contribution in [-0.2, 0) is 4.79 Å². The van der Waals surface area contributed by atoms with Crippen molar-refractivity contribution in [2.75, 3.05) is 12.0 Å². The zero-order chi connectivity index (χ0) is 15.9. The molecule has 0 heterocycles. The molecule has 0 aromatic heterocycles. The van der Waals surface area contributed by atoms with Crippen molar-refractivity contribution < 1.29 is 9.59 Å². The Kier molecular flexibility index (Phi) is 5.80. The molecular formula is C15H13BrClN3O2. The number of carbonyl (C=O) groups excluding carboxylic acids is 2. The summed E-state index contributed by atoms with van der Waals surface area (Å²) in [7, 11) is 0. The van der Waals surface area contributed by atoms with Gasteiger partial charge in [0.15, 0.2) is 0 Å². The number of carbonyl (C=O) groups is 2. The van der Waals surface area contributed by atoms with Crippen LogP contribution >= 0.6 is 27.5 Å². The number of hydrazine groups is 1. The van der Waals surface area contributed by atoms with Gasteiger partial charge in [0, 0.05) is 15.1 Å². The van der Waals surface area contributed by atoms with E-state index in [0.29, 0.717) is 16.3 Å². The quantitative estimate of drug-likeness (QED) is 0.696. The van der Waals surface area contributed by atoms with Crippen LogP contribution < -0.4 is 16.2 Å². The van der Waals surface area contributed by atoms with Gasteiger partial charge in [-0.15, -0.1) is 0 Å². The minimum atomic E-state index is -0.372. The van der Waals surface area contributed by atoms with Gasteiger partial charge in [0.05, 0.1) is 12.2 Å². The largest absolute Gasteiger partial charge is 0.343 e. The van der Waals surface area contributed by atoms with E-state index in [-0.39, 0.29) is 18.4 Å². The second-order valence-electron chi connectivity index (χ2n) is 4.38. The van der Waals surface area contributed by atoms with Crippen LogP contribution in [0.2, 0.25) is 5.02 Å². The first kappa shape index (κ1) is 16.3. The van der Waals surface area contributed by atoms with Crippen molar-refractivity contribution in [1.29, 1.82) is 0 Å². The summed E-state index contributed by atoms with van der Waals surface area (Å²) < 4.78 is 0.798. The summed E-state index contributed by atoms with van der Waals surface area (Å²) in [4.78, 5) is 23.5. The molecule has 0 aliphatic rings. The van der Waals surface area contributed by atoms with E-state index in [1.165, 1.54) is 0 Å². The van der Waals surface area contributed by atoms with Crippen molar-refractivity contribution in [3.63, 3.8) is 0 Å². The number of hydrogen-bond donors (Lipinski definition) is 3. The number of halogens is 2. The van der Waals surface area contributed by atoms with E-state index >= 15 is 0 Å². The lowest BCUT2D eigenvalue weighted by atomic mass is 10.2. The lowest BCUT2D eigenvalue weighted by Gasteiger charge is -2.09. The van der Waals surface area contributed by atoms with E-state index in [1.54, 1.807) is 42.5 Å². The Morgan fingerprint density at radius 1 is 1.09 bits per heavy atom. The second-order valence-corrected chi connectivity index (χ2v) is 5.73. The normalized spacial score (nSPS) is 9.91. The minimum Gasteiger partial charge on any atom is -0.343 e. The van der Waals surface area contributed by atoms with Crippen molar-refractivity contribution >= 4 is 45.0 Å². The van der Waals surface area contributed by atoms with Gasteiger partial charge < -0.3 is 5.32 Å². The maximum absolute atomic E-state index is 11.9. The van der Waals surface area contributed by atoms with Gasteiger partial charge in [-0.3, -0.25) is 20.4 Å². The number of rotatable bonds is 5. The van der Waals surface area contributed by atoms with Crippen LogP contribution in [0, 0.1) is 0 Å². The molecular weight excluding hydrogens is 370 g/mol. The Morgan fingerprint density at radius 3 is 2.59 bits per heavy atom. The van der Waals surface area contributed by atoms with E-state index in [0.717, 1.165) is 4.47 Å². The fourth-order valence-electron chi connectivity index (χ4n) is 1.64. The van der Waals surface area contributed by atoms with Gasteiger partial charge in [-0.25, -0.2) is 0 Å². The molecule has 3 N–H and O–H groups in total. The van der Waals surface area contributed by atoms with Gasteiger partial charge in [-0.05, 0) is 36.4 Å². The van der Waals surface area contributed by atoms with E-state index < -0.39 is 0 Å². The van der Waals surface area contributed by atoms with E-state index in [2.05, 4.69) is 32.1 Å². The molecule has 0 unspecified atom stereocenters. The molecule has 0 aliphatic heterocycles. The van der Waals surface area contributed by atoms with Crippen molar-refractivity contribution in [3.8, 4) is 0 Å². The summed E-state index contributed by atoms with van der Waals surface area (Å²) >= 11 is 9.12. The third-order valence-electron chi connectivity index (χ3n) is 2.67. The fourth-order valence-corrected chi connectivity index (χ4v) is 2.23. The highest BCUT2D eigenvalue weighted by molar-refractivity contribution is 9.10. The lowest BCUT2D eigenvalue weighted by molar-refractivity contribution is -0.119. The predicted molar refractivity (Wildman–Crippen MR) is 89.7 cm³/mol. The molecule has 2 amide bonds. The van der Waals surface area contributed by atoms with Gasteiger partial charge in [0.25, 0.3) is 11.8 Å². The predicted octanol–water partition coefficient (Wildman–Crippen LogP) is 2.98. The standard InChI is InChI=1S/C15H13BrClN3O2/c16-11-4-1-3-10(7-11)15(22)18-9-14(21)20-19-13-6-2-5-12(17)8-13/h1-8,19H,9H2,(H,18,22)(H,20,21). The first-order chi connectivity index (χ1) is 10.5. The molecule has 0 bridgehead atoms. The van der Waals surface area contributed by atoms with Crippen LogP contribution in [0.4, 0.5) is 5.69 Å². The van der Waals surface area contributed by atoms with Crippen LogP contribution in [-0.4, -0.2) is 18.4 Å². The second kappa shape index (κ2) is 7.82. The Hall–Kier alpha value is -2.05. The average Bonchev–Trinajstić information content (AvgIpc) is 2.50. The van der Waals surface area contributed by atoms with Crippen molar-refractivity contribution in [2.24, 2.45) is 0 Å². The first-order valence-corrected chi connectivity index (χ1v) is 7.56. The number of nitrogens with one attached hydrogen (secondary N) is 3. The van der Waals surface area contributed by atoms with Crippen LogP contribution in [0.5, 0.6) is 0 Å². The Morgan fingerprint density at radius 2 is 1.86 bits per heavy atom. The van der Waals surface area contributed by atoms with Crippen LogP contribution in [0.3, 0.4) is 0 Å². The van der Waals surface area contributed by atoms with Crippen LogP contribution in [0.25, 0.3) is 0 Å². The summed E-state index contributed by atoms with van der Waals surface area (Å²) in [6, 6.07) is 13.8. The van der Waals surface area contributed by atoms with Crippen LogP contribution in [0.1, 0.15) is 10.4 Å². The third-order valence-corrected chi connectivity index (χ3v) is 3.40. The Balaban J connectivity index is 1.79. The highest BCUT2D eigenvalue weighted by Gasteiger charge is 2.08. The molecule has 2 aromatic carbocycles. The lowest BCUT2D eigenvalue weighted by Crippen LogP contribution is -2.39. The monoisotopic (exact) mass is 381 g/mol. The molecule has 114 valence electrons. The van der Waals surface area contributed by atoms with Gasteiger partial charge in [-0.1, -0.05) is 39.7 Å². The number of hydrogen-bond acceptors (Lipinski definition) is 3. The van der Waals surface area contributed by atoms with Crippen molar-refractivity contribution in [3.05, 3.63) is 63.6 Å². The molecule has 0 saturated heterocycles. The SMILES string of the molecule is O=C(CNC(=O)c1cccc(Br)c1)NNc1cccc(Cl)c1. The molecule has 7 heteroatoms. The highest BCUT2D eigenvalue weighted by Crippen LogP contribution is 2.13. The number of benzene rings is 2. The average molecular weight is 383 g/mol. The molecule has 0 aliphatic carbocycles. The zero-order valence-corrected chi connectivity index (χ0v) is 13.7. The van der Waals surface area contributed by atoms with Crippen molar-refractivity contribution in [2.45, 2.75) is 0 Å². The third kappa shape index (κ3) is 5.05. The maximum atomic E-state index is 11.9. The Bertz CT molecular complexity index is 694. The van der Waals surface area contributed by atoms with Crippen LogP contribution in [0.15, 0.2) is 53.0 Å². The molecule has 22 heavy (non-hydrogen) atoms. The molecule has 2 aromatic rings. The molecule has 0 spiro atoms. The first-order valence-electron chi connectivity index (χ1n) is 6.39. The summed E-state index contributed by atoms with van der Waals surface area (Å²) in [6.45, 7) is -0.140. The summed E-state index contributed by atoms with van der Waals surface area (Å²) in [5.74, 6) is -0.692. The molecule has 5 nitrogen and oxygen atoms in total. The summed E-state index contributed by atoms with van der Waals surface area (Å²) in [5, 5.41) is 3.09. The number of anilines is 1. The molecule has 2 rings (SSSR count). The summed E-state index contributed by atoms with van der Waals surface area (Å²) in [5.41, 5.74) is 6.32. The van der Waals surface area contributed by atoms with Crippen molar-refractivity contribution in [1.82, 2.24) is 10.7 Å². The van der Waals surface area contributed by atoms with E-state index in [9.17, 15) is 9.59 Å².